The Labute approximate surface area is 164 Å². The molecule has 0 amide bonds. The molecule has 0 fully saturated rings. The van der Waals surface area contributed by atoms with E-state index >= 15 is 0 Å². The molecule has 148 valence electrons. The lowest BCUT2D eigenvalue weighted by molar-refractivity contribution is -0.386. The lowest BCUT2D eigenvalue weighted by Crippen LogP contribution is -2.18. The molecule has 0 bridgehead atoms. The molecule has 0 atom stereocenters. The van der Waals surface area contributed by atoms with Gasteiger partial charge in [-0.05, 0) is 49.4 Å². The first-order valence-electron chi connectivity index (χ1n) is 8.53. The summed E-state index contributed by atoms with van der Waals surface area (Å²) in [5.74, 6) is -1.83. The molecule has 0 aliphatic heterocycles. The van der Waals surface area contributed by atoms with Gasteiger partial charge in [0.15, 0.2) is 11.5 Å². The van der Waals surface area contributed by atoms with Gasteiger partial charge in [0.25, 0.3) is 5.56 Å². The SMILES string of the molecule is CCOc1ccc(-n2cc(C(=O)c3ccc(O)c([N+](=O)[O-])c3O)ccc2=O)cc1. The predicted molar refractivity (Wildman–Crippen MR) is 103 cm³/mol. The third-order valence-corrected chi connectivity index (χ3v) is 4.16. The van der Waals surface area contributed by atoms with Gasteiger partial charge in [-0.25, -0.2) is 0 Å². The summed E-state index contributed by atoms with van der Waals surface area (Å²) in [6.45, 7) is 2.34. The van der Waals surface area contributed by atoms with Gasteiger partial charge in [0, 0.05) is 23.5 Å². The molecule has 1 aromatic heterocycles. The smallest absolute Gasteiger partial charge is 0.352 e. The Bertz CT molecular complexity index is 1150. The van der Waals surface area contributed by atoms with E-state index in [9.17, 15) is 29.9 Å². The van der Waals surface area contributed by atoms with Crippen molar-refractivity contribution in [2.45, 2.75) is 6.92 Å². The van der Waals surface area contributed by atoms with Gasteiger partial charge in [-0.2, -0.15) is 0 Å². The van der Waals surface area contributed by atoms with Crippen molar-refractivity contribution < 1.29 is 24.7 Å². The van der Waals surface area contributed by atoms with Crippen LogP contribution in [0, 0.1) is 10.1 Å². The lowest BCUT2D eigenvalue weighted by atomic mass is 10.0. The van der Waals surface area contributed by atoms with Crippen molar-refractivity contribution in [2.24, 2.45) is 0 Å². The Balaban J connectivity index is 2.04. The zero-order chi connectivity index (χ0) is 21.1. The Morgan fingerprint density at radius 3 is 2.41 bits per heavy atom. The van der Waals surface area contributed by atoms with Crippen LogP contribution in [-0.2, 0) is 0 Å². The molecule has 0 saturated heterocycles. The number of hydrogen-bond donors (Lipinski definition) is 2. The molecule has 2 aromatic carbocycles. The zero-order valence-electron chi connectivity index (χ0n) is 15.2. The van der Waals surface area contributed by atoms with Crippen molar-refractivity contribution in [1.29, 1.82) is 0 Å². The van der Waals surface area contributed by atoms with Crippen LogP contribution in [0.5, 0.6) is 17.2 Å². The fraction of sp³-hybridized carbons (Fsp3) is 0.100. The number of aromatic hydroxyl groups is 2. The standard InChI is InChI=1S/C20H16N2O7/c1-2-29-14-6-4-13(5-7-14)21-11-12(3-10-17(21)24)19(25)15-8-9-16(23)18(20(15)26)22(27)28/h3-11,23,26H,2H2,1H3. The number of nitrogens with zero attached hydrogens (tertiary/aromatic N) is 2. The number of phenols is 2. The summed E-state index contributed by atoms with van der Waals surface area (Å²) in [5, 5.41) is 30.7. The summed E-state index contributed by atoms with van der Waals surface area (Å²) in [5.41, 5.74) is -1.23. The van der Waals surface area contributed by atoms with Crippen LogP contribution < -0.4 is 10.3 Å². The zero-order valence-corrected chi connectivity index (χ0v) is 15.2. The number of rotatable bonds is 6. The molecular weight excluding hydrogens is 380 g/mol. The maximum absolute atomic E-state index is 12.8. The molecule has 0 unspecified atom stereocenters. The van der Waals surface area contributed by atoms with Gasteiger partial charge in [-0.15, -0.1) is 0 Å². The highest BCUT2D eigenvalue weighted by Gasteiger charge is 2.26. The van der Waals surface area contributed by atoms with Crippen LogP contribution in [0.4, 0.5) is 5.69 Å². The van der Waals surface area contributed by atoms with Crippen molar-refractivity contribution in [2.75, 3.05) is 6.61 Å². The number of nitro benzene ring substituents is 1. The summed E-state index contributed by atoms with van der Waals surface area (Å²) in [4.78, 5) is 35.1. The van der Waals surface area contributed by atoms with E-state index in [-0.39, 0.29) is 11.1 Å². The number of phenolic OH excluding ortho intramolecular Hbond substituents is 2. The van der Waals surface area contributed by atoms with Crippen LogP contribution in [0.25, 0.3) is 5.69 Å². The summed E-state index contributed by atoms with van der Waals surface area (Å²) in [6, 6.07) is 11.1. The average molecular weight is 396 g/mol. The van der Waals surface area contributed by atoms with Crippen LogP contribution in [-0.4, -0.2) is 32.1 Å². The summed E-state index contributed by atoms with van der Waals surface area (Å²) < 4.78 is 6.59. The second-order valence-electron chi connectivity index (χ2n) is 5.97. The van der Waals surface area contributed by atoms with E-state index < -0.39 is 33.5 Å². The van der Waals surface area contributed by atoms with Crippen LogP contribution in [0.15, 0.2) is 59.5 Å². The van der Waals surface area contributed by atoms with Crippen molar-refractivity contribution >= 4 is 11.5 Å². The first-order valence-corrected chi connectivity index (χ1v) is 8.53. The van der Waals surface area contributed by atoms with Crippen molar-refractivity contribution in [3.63, 3.8) is 0 Å². The molecule has 0 spiro atoms. The van der Waals surface area contributed by atoms with E-state index in [1.54, 1.807) is 24.3 Å². The monoisotopic (exact) mass is 396 g/mol. The Kier molecular flexibility index (Phi) is 5.31. The highest BCUT2D eigenvalue weighted by atomic mass is 16.6. The van der Waals surface area contributed by atoms with Gasteiger partial charge in [0.1, 0.15) is 5.75 Å². The topological polar surface area (TPSA) is 132 Å². The largest absolute Gasteiger partial charge is 0.502 e. The molecule has 0 radical (unpaired) electrons. The second kappa shape index (κ2) is 7.85. The molecule has 9 nitrogen and oxygen atoms in total. The van der Waals surface area contributed by atoms with Gasteiger partial charge in [-0.1, -0.05) is 0 Å². The van der Waals surface area contributed by atoms with Crippen molar-refractivity contribution in [3.05, 3.63) is 86.3 Å². The van der Waals surface area contributed by atoms with Crippen molar-refractivity contribution in [1.82, 2.24) is 4.57 Å². The minimum atomic E-state index is -0.984. The fourth-order valence-corrected chi connectivity index (χ4v) is 2.78. The molecule has 2 N–H and O–H groups in total. The fourth-order valence-electron chi connectivity index (χ4n) is 2.78. The number of carbonyl (C=O) groups excluding carboxylic acids is 1. The van der Waals surface area contributed by atoms with E-state index in [2.05, 4.69) is 0 Å². The van der Waals surface area contributed by atoms with E-state index in [1.807, 2.05) is 6.92 Å². The molecular formula is C20H16N2O7. The number of pyridine rings is 1. The number of carbonyl (C=O) groups is 1. The van der Waals surface area contributed by atoms with Crippen LogP contribution in [0.3, 0.4) is 0 Å². The summed E-state index contributed by atoms with van der Waals surface area (Å²) in [7, 11) is 0. The van der Waals surface area contributed by atoms with Crippen LogP contribution in [0.1, 0.15) is 22.8 Å². The van der Waals surface area contributed by atoms with Crippen LogP contribution >= 0.6 is 0 Å². The number of ketones is 1. The van der Waals surface area contributed by atoms with Gasteiger partial charge < -0.3 is 14.9 Å². The van der Waals surface area contributed by atoms with E-state index in [0.717, 1.165) is 12.1 Å². The van der Waals surface area contributed by atoms with Gasteiger partial charge in [0.2, 0.25) is 5.75 Å². The van der Waals surface area contributed by atoms with Gasteiger partial charge in [-0.3, -0.25) is 24.3 Å². The van der Waals surface area contributed by atoms with E-state index in [1.165, 1.54) is 22.9 Å². The Morgan fingerprint density at radius 2 is 1.79 bits per heavy atom. The highest BCUT2D eigenvalue weighted by molar-refractivity contribution is 6.11. The van der Waals surface area contributed by atoms with E-state index in [0.29, 0.717) is 18.0 Å². The first-order chi connectivity index (χ1) is 13.8. The molecule has 3 rings (SSSR count). The molecule has 1 heterocycles. The van der Waals surface area contributed by atoms with Gasteiger partial charge >= 0.3 is 5.69 Å². The first kappa shape index (κ1) is 19.6. The maximum atomic E-state index is 12.8. The molecule has 0 aliphatic carbocycles. The van der Waals surface area contributed by atoms with Crippen LogP contribution in [0.2, 0.25) is 0 Å². The number of ether oxygens (including phenoxy) is 1. The normalized spacial score (nSPS) is 10.5. The average Bonchev–Trinajstić information content (AvgIpc) is 2.69. The van der Waals surface area contributed by atoms with E-state index in [4.69, 9.17) is 4.74 Å². The lowest BCUT2D eigenvalue weighted by Gasteiger charge is -2.10. The second-order valence-corrected chi connectivity index (χ2v) is 5.97. The van der Waals surface area contributed by atoms with Crippen molar-refractivity contribution in [3.8, 4) is 22.9 Å². The number of hydrogen-bond acceptors (Lipinski definition) is 7. The molecule has 3 aromatic rings. The quantitative estimate of drug-likeness (QED) is 0.372. The Hall–Kier alpha value is -4.14. The number of nitro groups is 1. The van der Waals surface area contributed by atoms with Gasteiger partial charge in [0.05, 0.1) is 17.1 Å². The maximum Gasteiger partial charge on any atom is 0.352 e. The molecule has 9 heteroatoms. The third-order valence-electron chi connectivity index (χ3n) is 4.16. The molecule has 29 heavy (non-hydrogen) atoms. The summed E-state index contributed by atoms with van der Waals surface area (Å²) >= 11 is 0. The predicted octanol–water partition coefficient (Wildman–Crippen LogP) is 2.79. The number of benzene rings is 2. The third kappa shape index (κ3) is 3.79. The minimum absolute atomic E-state index is 0.0220. The molecule has 0 aliphatic rings. The Morgan fingerprint density at radius 1 is 1.10 bits per heavy atom. The minimum Gasteiger partial charge on any atom is -0.502 e. The summed E-state index contributed by atoms with van der Waals surface area (Å²) in [6.07, 6.45) is 1.28. The molecule has 0 saturated carbocycles. The highest BCUT2D eigenvalue weighted by Crippen LogP contribution is 2.38. The number of aromatic nitrogens is 1.